The van der Waals surface area contributed by atoms with Gasteiger partial charge in [0.15, 0.2) is 0 Å². The molecule has 1 unspecified atom stereocenters. The summed E-state index contributed by atoms with van der Waals surface area (Å²) in [4.78, 5) is 25.1. The van der Waals surface area contributed by atoms with Gasteiger partial charge in [-0.1, -0.05) is 30.7 Å². The predicted molar refractivity (Wildman–Crippen MR) is 83.6 cm³/mol. The summed E-state index contributed by atoms with van der Waals surface area (Å²) in [5, 5.41) is 0.647. The minimum absolute atomic E-state index is 0.0735. The Kier molecular flexibility index (Phi) is 5.02. The third-order valence-electron chi connectivity index (χ3n) is 3.78. The van der Waals surface area contributed by atoms with Gasteiger partial charge in [-0.3, -0.25) is 9.59 Å². The van der Waals surface area contributed by atoms with Gasteiger partial charge in [0.1, 0.15) is 0 Å². The van der Waals surface area contributed by atoms with Crippen molar-refractivity contribution in [2.24, 2.45) is 11.7 Å². The first kappa shape index (κ1) is 15.6. The number of nitrogens with two attached hydrogens (primary N) is 1. The maximum atomic E-state index is 12.3. The summed E-state index contributed by atoms with van der Waals surface area (Å²) < 4.78 is 0. The average Bonchev–Trinajstić information content (AvgIpc) is 2.94. The minimum Gasteiger partial charge on any atom is -0.369 e. The normalized spacial score (nSPS) is 18.9. The van der Waals surface area contributed by atoms with Gasteiger partial charge in [0.2, 0.25) is 11.8 Å². The van der Waals surface area contributed by atoms with E-state index in [1.54, 1.807) is 17.0 Å². The molecule has 1 saturated heterocycles. The van der Waals surface area contributed by atoms with Gasteiger partial charge in [-0.05, 0) is 36.1 Å². The third-order valence-corrected chi connectivity index (χ3v) is 4.01. The third kappa shape index (κ3) is 3.85. The Morgan fingerprint density at radius 1 is 1.48 bits per heavy atom. The highest BCUT2D eigenvalue weighted by molar-refractivity contribution is 6.30. The molecule has 0 saturated carbocycles. The molecule has 1 aromatic rings. The lowest BCUT2D eigenvalue weighted by Gasteiger charge is -2.15. The van der Waals surface area contributed by atoms with Crippen molar-refractivity contribution in [1.29, 1.82) is 0 Å². The number of nitrogens with zero attached hydrogens (tertiary/aromatic N) is 1. The molecule has 1 aliphatic heterocycles. The zero-order valence-corrected chi connectivity index (χ0v) is 12.8. The smallest absolute Gasteiger partial charge is 0.246 e. The van der Waals surface area contributed by atoms with Crippen molar-refractivity contribution in [3.05, 3.63) is 40.9 Å². The fourth-order valence-corrected chi connectivity index (χ4v) is 2.70. The number of allylic oxidation sites excluding steroid dienone is 1. The molecule has 0 bridgehead atoms. The van der Waals surface area contributed by atoms with Gasteiger partial charge in [-0.2, -0.15) is 0 Å². The zero-order valence-electron chi connectivity index (χ0n) is 12.0. The van der Waals surface area contributed by atoms with Crippen LogP contribution in [0.2, 0.25) is 5.02 Å². The molecule has 0 spiro atoms. The summed E-state index contributed by atoms with van der Waals surface area (Å²) >= 11 is 5.99. The van der Waals surface area contributed by atoms with Crippen LogP contribution >= 0.6 is 11.6 Å². The second-order valence-corrected chi connectivity index (χ2v) is 5.64. The highest BCUT2D eigenvalue weighted by Gasteiger charge is 2.28. The molecule has 2 N–H and O–H groups in total. The summed E-state index contributed by atoms with van der Waals surface area (Å²) in [6, 6.07) is 7.45. The number of carbonyl (C=O) groups is 2. The van der Waals surface area contributed by atoms with Crippen LogP contribution in [0, 0.1) is 5.92 Å². The van der Waals surface area contributed by atoms with Crippen molar-refractivity contribution in [1.82, 2.24) is 4.90 Å². The maximum absolute atomic E-state index is 12.3. The van der Waals surface area contributed by atoms with E-state index >= 15 is 0 Å². The summed E-state index contributed by atoms with van der Waals surface area (Å²) in [5.41, 5.74) is 7.17. The second kappa shape index (κ2) is 6.76. The largest absolute Gasteiger partial charge is 0.369 e. The van der Waals surface area contributed by atoms with Crippen molar-refractivity contribution in [3.63, 3.8) is 0 Å². The van der Waals surface area contributed by atoms with Crippen LogP contribution in [0.15, 0.2) is 30.3 Å². The fraction of sp³-hybridized carbons (Fsp3) is 0.375. The number of halogens is 1. The van der Waals surface area contributed by atoms with Crippen LogP contribution < -0.4 is 5.73 Å². The van der Waals surface area contributed by atoms with Crippen LogP contribution in [0.3, 0.4) is 0 Å². The van der Waals surface area contributed by atoms with Crippen LogP contribution in [0.1, 0.15) is 25.3 Å². The number of hydrogen-bond donors (Lipinski definition) is 1. The van der Waals surface area contributed by atoms with E-state index in [0.29, 0.717) is 24.5 Å². The Labute approximate surface area is 129 Å². The minimum atomic E-state index is -0.333. The molecule has 0 aromatic heterocycles. The summed E-state index contributed by atoms with van der Waals surface area (Å²) in [6.45, 7) is 2.99. The molecule has 2 rings (SSSR count). The number of hydrogen-bond acceptors (Lipinski definition) is 2. The number of amides is 2. The first-order valence-corrected chi connectivity index (χ1v) is 7.43. The standard InChI is InChI=1S/C16H19ClN2O2/c1-2-11(12-4-3-5-14(17)8-12)9-15(20)19-7-6-13(10-19)16(18)21/h3-5,8-9,13H,2,6-7,10H2,1H3,(H2,18,21). The molecular weight excluding hydrogens is 288 g/mol. The Morgan fingerprint density at radius 3 is 2.81 bits per heavy atom. The SMILES string of the molecule is CCC(=CC(=O)N1CCC(C(N)=O)C1)c1cccc(Cl)c1. The molecule has 1 aromatic carbocycles. The lowest BCUT2D eigenvalue weighted by molar-refractivity contribution is -0.125. The monoisotopic (exact) mass is 306 g/mol. The molecule has 4 nitrogen and oxygen atoms in total. The molecule has 21 heavy (non-hydrogen) atoms. The lowest BCUT2D eigenvalue weighted by Crippen LogP contribution is -2.30. The fourth-order valence-electron chi connectivity index (χ4n) is 2.51. The topological polar surface area (TPSA) is 63.4 Å². The van der Waals surface area contributed by atoms with Gasteiger partial charge in [0, 0.05) is 24.2 Å². The van der Waals surface area contributed by atoms with E-state index in [1.807, 2.05) is 25.1 Å². The molecule has 2 amide bonds. The van der Waals surface area contributed by atoms with E-state index in [4.69, 9.17) is 17.3 Å². The molecule has 112 valence electrons. The Balaban J connectivity index is 2.13. The Bertz CT molecular complexity index is 583. The Morgan fingerprint density at radius 2 is 2.24 bits per heavy atom. The summed E-state index contributed by atoms with van der Waals surface area (Å²) in [7, 11) is 0. The summed E-state index contributed by atoms with van der Waals surface area (Å²) in [6.07, 6.45) is 3.02. The van der Waals surface area contributed by atoms with E-state index in [1.165, 1.54) is 0 Å². The number of carbonyl (C=O) groups excluding carboxylic acids is 2. The van der Waals surface area contributed by atoms with Gasteiger partial charge in [0.25, 0.3) is 0 Å². The van der Waals surface area contributed by atoms with E-state index in [9.17, 15) is 9.59 Å². The number of benzene rings is 1. The average molecular weight is 307 g/mol. The predicted octanol–water partition coefficient (Wildman–Crippen LogP) is 2.47. The second-order valence-electron chi connectivity index (χ2n) is 5.21. The van der Waals surface area contributed by atoms with E-state index in [0.717, 1.165) is 17.6 Å². The first-order chi connectivity index (χ1) is 10.0. The van der Waals surface area contributed by atoms with E-state index < -0.39 is 0 Å². The van der Waals surface area contributed by atoms with Gasteiger partial charge < -0.3 is 10.6 Å². The van der Waals surface area contributed by atoms with Crippen molar-refractivity contribution < 1.29 is 9.59 Å². The van der Waals surface area contributed by atoms with Crippen LogP contribution in [0.4, 0.5) is 0 Å². The van der Waals surface area contributed by atoms with Crippen molar-refractivity contribution in [2.75, 3.05) is 13.1 Å². The molecule has 1 fully saturated rings. The van der Waals surface area contributed by atoms with Crippen LogP contribution in [-0.4, -0.2) is 29.8 Å². The van der Waals surface area contributed by atoms with Crippen molar-refractivity contribution in [3.8, 4) is 0 Å². The van der Waals surface area contributed by atoms with Crippen molar-refractivity contribution >= 4 is 29.0 Å². The van der Waals surface area contributed by atoms with Gasteiger partial charge in [-0.15, -0.1) is 0 Å². The number of likely N-dealkylation sites (tertiary alicyclic amines) is 1. The molecule has 0 radical (unpaired) electrons. The van der Waals surface area contributed by atoms with Crippen molar-refractivity contribution in [2.45, 2.75) is 19.8 Å². The van der Waals surface area contributed by atoms with Crippen LogP contribution in [0.5, 0.6) is 0 Å². The zero-order chi connectivity index (χ0) is 15.4. The number of rotatable bonds is 4. The quantitative estimate of drug-likeness (QED) is 0.869. The Hall–Kier alpha value is -1.81. The highest BCUT2D eigenvalue weighted by Crippen LogP contribution is 2.23. The van der Waals surface area contributed by atoms with Gasteiger partial charge >= 0.3 is 0 Å². The first-order valence-electron chi connectivity index (χ1n) is 7.06. The molecule has 1 aliphatic rings. The van der Waals surface area contributed by atoms with Crippen LogP contribution in [0.25, 0.3) is 5.57 Å². The number of primary amides is 1. The van der Waals surface area contributed by atoms with E-state index in [-0.39, 0.29) is 17.7 Å². The molecular formula is C16H19ClN2O2. The molecule has 0 aliphatic carbocycles. The molecule has 5 heteroatoms. The van der Waals surface area contributed by atoms with E-state index in [2.05, 4.69) is 0 Å². The lowest BCUT2D eigenvalue weighted by atomic mass is 10.0. The summed E-state index contributed by atoms with van der Waals surface area (Å²) in [5.74, 6) is -0.631. The molecule has 1 heterocycles. The van der Waals surface area contributed by atoms with Gasteiger partial charge in [0.05, 0.1) is 5.92 Å². The van der Waals surface area contributed by atoms with Gasteiger partial charge in [-0.25, -0.2) is 0 Å². The maximum Gasteiger partial charge on any atom is 0.246 e. The van der Waals surface area contributed by atoms with Crippen LogP contribution in [-0.2, 0) is 9.59 Å². The molecule has 1 atom stereocenters. The highest BCUT2D eigenvalue weighted by atomic mass is 35.5.